The summed E-state index contributed by atoms with van der Waals surface area (Å²) in [6, 6.07) is -0.680. The van der Waals surface area contributed by atoms with E-state index in [2.05, 4.69) is 32.7 Å². The molecule has 0 aliphatic carbocycles. The molecule has 1 aliphatic rings. The van der Waals surface area contributed by atoms with E-state index in [0.717, 1.165) is 16.8 Å². The number of carbonyl (C=O) groups is 1. The number of methoxy groups -OCH3 is 1. The number of aromatic nitrogens is 2. The number of urea groups is 1. The number of rotatable bonds is 8. The van der Waals surface area contributed by atoms with Crippen molar-refractivity contribution in [2.75, 3.05) is 30.5 Å². The van der Waals surface area contributed by atoms with Gasteiger partial charge in [-0.2, -0.15) is 0 Å². The van der Waals surface area contributed by atoms with Crippen LogP contribution in [0.15, 0.2) is 12.7 Å². The van der Waals surface area contributed by atoms with Crippen molar-refractivity contribution in [1.29, 1.82) is 0 Å². The SMILES string of the molecule is C=CCc1nnc(N2C(=O)N(CCCBr)C(COC)C2O)s1. The van der Waals surface area contributed by atoms with Gasteiger partial charge in [-0.15, -0.1) is 16.8 Å². The molecule has 1 aromatic heterocycles. The molecule has 0 saturated carbocycles. The lowest BCUT2D eigenvalue weighted by molar-refractivity contribution is 0.0555. The van der Waals surface area contributed by atoms with Crippen molar-refractivity contribution in [2.45, 2.75) is 25.1 Å². The maximum absolute atomic E-state index is 12.6. The minimum atomic E-state index is -0.993. The average Bonchev–Trinajstić information content (AvgIpc) is 3.03. The molecule has 2 rings (SSSR count). The van der Waals surface area contributed by atoms with Gasteiger partial charge in [-0.3, -0.25) is 0 Å². The van der Waals surface area contributed by atoms with E-state index in [1.807, 2.05) is 0 Å². The van der Waals surface area contributed by atoms with Gasteiger partial charge in [0.1, 0.15) is 11.0 Å². The van der Waals surface area contributed by atoms with Crippen LogP contribution in [0.3, 0.4) is 0 Å². The zero-order valence-corrected chi connectivity index (χ0v) is 14.7. The van der Waals surface area contributed by atoms with E-state index in [9.17, 15) is 9.90 Å². The molecule has 7 nitrogen and oxygen atoms in total. The zero-order valence-electron chi connectivity index (χ0n) is 12.3. The largest absolute Gasteiger partial charge is 0.382 e. The van der Waals surface area contributed by atoms with Gasteiger partial charge in [0.15, 0.2) is 6.23 Å². The molecule has 2 amide bonds. The smallest absolute Gasteiger partial charge is 0.329 e. The molecular weight excluding hydrogens is 372 g/mol. The van der Waals surface area contributed by atoms with Crippen LogP contribution in [0, 0.1) is 0 Å². The molecule has 122 valence electrons. The highest BCUT2D eigenvalue weighted by Crippen LogP contribution is 2.31. The monoisotopic (exact) mass is 390 g/mol. The van der Waals surface area contributed by atoms with Gasteiger partial charge in [0.25, 0.3) is 0 Å². The van der Waals surface area contributed by atoms with E-state index in [4.69, 9.17) is 4.74 Å². The number of anilines is 1. The lowest BCUT2D eigenvalue weighted by Crippen LogP contribution is -2.41. The Morgan fingerprint density at radius 2 is 2.32 bits per heavy atom. The molecule has 2 atom stereocenters. The summed E-state index contributed by atoms with van der Waals surface area (Å²) in [7, 11) is 1.55. The fourth-order valence-corrected chi connectivity index (χ4v) is 3.42. The van der Waals surface area contributed by atoms with Crippen molar-refractivity contribution < 1.29 is 14.6 Å². The molecule has 0 aromatic carbocycles. The third-order valence-corrected chi connectivity index (χ3v) is 4.82. The number of hydrogen-bond acceptors (Lipinski definition) is 6. The van der Waals surface area contributed by atoms with E-state index >= 15 is 0 Å². The number of amides is 2. The Kier molecular flexibility index (Phi) is 6.30. The van der Waals surface area contributed by atoms with Gasteiger partial charge in [0.05, 0.1) is 6.61 Å². The summed E-state index contributed by atoms with van der Waals surface area (Å²) in [6.07, 6.45) is 2.12. The lowest BCUT2D eigenvalue weighted by atomic mass is 10.2. The standard InChI is InChI=1S/C13H19BrN4O3S/c1-3-5-10-15-16-12(22-10)18-11(19)9(8-21-2)17(13(18)20)7-4-6-14/h3,9,11,19H,1,4-8H2,2H3. The minimum absolute atomic E-state index is 0.267. The summed E-state index contributed by atoms with van der Waals surface area (Å²) >= 11 is 4.64. The van der Waals surface area contributed by atoms with E-state index in [1.165, 1.54) is 16.2 Å². The Labute approximate surface area is 141 Å². The lowest BCUT2D eigenvalue weighted by Gasteiger charge is -2.23. The van der Waals surface area contributed by atoms with E-state index in [-0.39, 0.29) is 12.6 Å². The molecule has 2 unspecified atom stereocenters. The Balaban J connectivity index is 2.22. The zero-order chi connectivity index (χ0) is 16.1. The Hall–Kier alpha value is -1.03. The normalized spacial score (nSPS) is 21.7. The second-order valence-corrected chi connectivity index (χ2v) is 6.63. The summed E-state index contributed by atoms with van der Waals surface area (Å²) in [6.45, 7) is 4.47. The Bertz CT molecular complexity index is 527. The van der Waals surface area contributed by atoms with Crippen molar-refractivity contribution in [2.24, 2.45) is 0 Å². The van der Waals surface area contributed by atoms with Crippen LogP contribution in [0.4, 0.5) is 9.93 Å². The van der Waals surface area contributed by atoms with Gasteiger partial charge < -0.3 is 14.7 Å². The van der Waals surface area contributed by atoms with Crippen molar-refractivity contribution >= 4 is 38.4 Å². The first kappa shape index (κ1) is 17.3. The van der Waals surface area contributed by atoms with Gasteiger partial charge in [-0.05, 0) is 6.42 Å². The fraction of sp³-hybridized carbons (Fsp3) is 0.615. The Morgan fingerprint density at radius 3 is 2.95 bits per heavy atom. The van der Waals surface area contributed by atoms with Crippen molar-refractivity contribution in [3.05, 3.63) is 17.7 Å². The summed E-state index contributed by atoms with van der Waals surface area (Å²) in [5.74, 6) is 0. The first-order chi connectivity index (χ1) is 10.6. The van der Waals surface area contributed by atoms with Crippen LogP contribution in [0.25, 0.3) is 0 Å². The average molecular weight is 391 g/mol. The van der Waals surface area contributed by atoms with E-state index in [1.54, 1.807) is 18.1 Å². The summed E-state index contributed by atoms with van der Waals surface area (Å²) in [5, 5.41) is 20.5. The van der Waals surface area contributed by atoms with Crippen LogP contribution >= 0.6 is 27.3 Å². The maximum atomic E-state index is 12.6. The molecule has 22 heavy (non-hydrogen) atoms. The van der Waals surface area contributed by atoms with Crippen LogP contribution in [0.1, 0.15) is 11.4 Å². The predicted octanol–water partition coefficient (Wildman–Crippen LogP) is 1.63. The second-order valence-electron chi connectivity index (χ2n) is 4.80. The molecular formula is C13H19BrN4O3S. The predicted molar refractivity (Wildman–Crippen MR) is 88.5 cm³/mol. The molecule has 1 aliphatic heterocycles. The number of hydrogen-bond donors (Lipinski definition) is 1. The Morgan fingerprint density at radius 1 is 1.55 bits per heavy atom. The highest BCUT2D eigenvalue weighted by molar-refractivity contribution is 9.09. The van der Waals surface area contributed by atoms with E-state index < -0.39 is 12.3 Å². The van der Waals surface area contributed by atoms with Gasteiger partial charge in [0.2, 0.25) is 5.13 Å². The third-order valence-electron chi connectivity index (χ3n) is 3.31. The number of halogens is 1. The van der Waals surface area contributed by atoms with Gasteiger partial charge in [-0.25, -0.2) is 9.69 Å². The number of allylic oxidation sites excluding steroid dienone is 1. The van der Waals surface area contributed by atoms with Crippen molar-refractivity contribution in [1.82, 2.24) is 15.1 Å². The third kappa shape index (κ3) is 3.48. The number of ether oxygens (including phenoxy) is 1. The maximum Gasteiger partial charge on any atom is 0.329 e. The second kappa shape index (κ2) is 8.00. The number of carbonyl (C=O) groups excluding carboxylic acids is 1. The van der Waals surface area contributed by atoms with Gasteiger partial charge >= 0.3 is 6.03 Å². The van der Waals surface area contributed by atoms with Crippen LogP contribution in [0.5, 0.6) is 0 Å². The molecule has 0 radical (unpaired) electrons. The first-order valence-electron chi connectivity index (χ1n) is 6.90. The van der Waals surface area contributed by atoms with Gasteiger partial charge in [0, 0.05) is 25.4 Å². The number of nitrogens with zero attached hydrogens (tertiary/aromatic N) is 4. The van der Waals surface area contributed by atoms with Crippen LogP contribution in [0.2, 0.25) is 0 Å². The van der Waals surface area contributed by atoms with Crippen LogP contribution < -0.4 is 4.90 Å². The van der Waals surface area contributed by atoms with Gasteiger partial charge in [-0.1, -0.05) is 33.3 Å². The number of alkyl halides is 1. The summed E-state index contributed by atoms with van der Waals surface area (Å²) in [5.41, 5.74) is 0. The molecule has 1 N–H and O–H groups in total. The molecule has 1 fully saturated rings. The quantitative estimate of drug-likeness (QED) is 0.538. The van der Waals surface area contributed by atoms with Crippen molar-refractivity contribution in [3.8, 4) is 0 Å². The molecule has 2 heterocycles. The van der Waals surface area contributed by atoms with Crippen LogP contribution in [-0.2, 0) is 11.2 Å². The fourth-order valence-electron chi connectivity index (χ4n) is 2.31. The number of aliphatic hydroxyl groups excluding tert-OH is 1. The highest BCUT2D eigenvalue weighted by Gasteiger charge is 2.46. The molecule has 0 spiro atoms. The highest BCUT2D eigenvalue weighted by atomic mass is 79.9. The summed E-state index contributed by atoms with van der Waals surface area (Å²) in [4.78, 5) is 15.5. The van der Waals surface area contributed by atoms with E-state index in [0.29, 0.717) is 18.1 Å². The van der Waals surface area contributed by atoms with Crippen LogP contribution in [-0.4, -0.2) is 64.1 Å². The van der Waals surface area contributed by atoms with Crippen molar-refractivity contribution in [3.63, 3.8) is 0 Å². The first-order valence-corrected chi connectivity index (χ1v) is 8.84. The summed E-state index contributed by atoms with van der Waals surface area (Å²) < 4.78 is 5.14. The number of aliphatic hydroxyl groups is 1. The topological polar surface area (TPSA) is 78.8 Å². The molecule has 9 heteroatoms. The molecule has 0 bridgehead atoms. The minimum Gasteiger partial charge on any atom is -0.382 e. The molecule has 1 saturated heterocycles. The molecule has 1 aromatic rings.